The third-order valence-corrected chi connectivity index (χ3v) is 13.6. The van der Waals surface area contributed by atoms with Crippen LogP contribution in [0.5, 0.6) is 0 Å². The summed E-state index contributed by atoms with van der Waals surface area (Å²) in [6.45, 7) is 4.71. The average molecular weight is 744 g/mol. The highest BCUT2D eigenvalue weighted by molar-refractivity contribution is 6.13. The Bertz CT molecular complexity index is 3240. The number of para-hydroxylation sites is 3. The van der Waals surface area contributed by atoms with Crippen molar-refractivity contribution in [3.8, 4) is 39.1 Å². The van der Waals surface area contributed by atoms with E-state index in [2.05, 4.69) is 164 Å². The number of nitrogens with two attached hydrogens (primary N) is 2. The van der Waals surface area contributed by atoms with Crippen molar-refractivity contribution in [3.05, 3.63) is 227 Å². The van der Waals surface area contributed by atoms with E-state index in [0.717, 1.165) is 11.1 Å². The summed E-state index contributed by atoms with van der Waals surface area (Å²) in [5.74, 6) is 0. The molecule has 0 amide bonds. The molecule has 2 atom stereocenters. The van der Waals surface area contributed by atoms with E-state index in [-0.39, 0.29) is 5.41 Å². The van der Waals surface area contributed by atoms with Gasteiger partial charge >= 0.3 is 0 Å². The fourth-order valence-electron chi connectivity index (χ4n) is 11.0. The molecule has 12 rings (SSSR count). The third-order valence-electron chi connectivity index (χ3n) is 13.6. The Kier molecular flexibility index (Phi) is 6.76. The lowest BCUT2D eigenvalue weighted by Gasteiger charge is -2.39. The SMILES string of the molecule is CC1(C)c2ccccc2-c2ccc(-c3ccc4c(c3)-c3c(C(N)/C=C(\N)c5ccccc5)cccc3C43c4ccccc4-n4c5ccccc5c5cccc3c54)cc21. The predicted octanol–water partition coefficient (Wildman–Crippen LogP) is 12.4. The molecule has 2 heterocycles. The van der Waals surface area contributed by atoms with Gasteiger partial charge in [0.1, 0.15) is 0 Å². The van der Waals surface area contributed by atoms with Gasteiger partial charge in [0, 0.05) is 21.9 Å². The lowest BCUT2D eigenvalue weighted by Crippen LogP contribution is -2.33. The first-order chi connectivity index (χ1) is 28.4. The van der Waals surface area contributed by atoms with Gasteiger partial charge < -0.3 is 16.0 Å². The van der Waals surface area contributed by atoms with Crippen LogP contribution in [0.25, 0.3) is 66.6 Å². The van der Waals surface area contributed by atoms with Crippen molar-refractivity contribution in [1.29, 1.82) is 0 Å². The minimum atomic E-state index is -0.588. The van der Waals surface area contributed by atoms with Crippen molar-refractivity contribution in [3.63, 3.8) is 0 Å². The molecule has 0 saturated carbocycles. The van der Waals surface area contributed by atoms with Gasteiger partial charge in [-0.2, -0.15) is 0 Å². The highest BCUT2D eigenvalue weighted by atomic mass is 15.0. The van der Waals surface area contributed by atoms with Gasteiger partial charge in [-0.05, 0) is 108 Å². The van der Waals surface area contributed by atoms with Crippen LogP contribution in [0.4, 0.5) is 0 Å². The quantitative estimate of drug-likeness (QED) is 0.189. The molecule has 2 unspecified atom stereocenters. The van der Waals surface area contributed by atoms with Gasteiger partial charge in [0.15, 0.2) is 0 Å². The molecule has 58 heavy (non-hydrogen) atoms. The van der Waals surface area contributed by atoms with Crippen molar-refractivity contribution in [2.75, 3.05) is 0 Å². The van der Waals surface area contributed by atoms with Crippen molar-refractivity contribution in [2.24, 2.45) is 11.5 Å². The fourth-order valence-corrected chi connectivity index (χ4v) is 11.0. The zero-order valence-electron chi connectivity index (χ0n) is 32.5. The van der Waals surface area contributed by atoms with E-state index in [1.54, 1.807) is 0 Å². The summed E-state index contributed by atoms with van der Waals surface area (Å²) in [7, 11) is 0. The summed E-state index contributed by atoms with van der Waals surface area (Å²) in [5, 5.41) is 2.53. The molecule has 8 aromatic carbocycles. The topological polar surface area (TPSA) is 57.0 Å². The summed E-state index contributed by atoms with van der Waals surface area (Å²) >= 11 is 0. The van der Waals surface area contributed by atoms with Gasteiger partial charge in [-0.3, -0.25) is 0 Å². The van der Waals surface area contributed by atoms with Crippen LogP contribution in [0.1, 0.15) is 64.4 Å². The van der Waals surface area contributed by atoms with Gasteiger partial charge in [-0.25, -0.2) is 0 Å². The van der Waals surface area contributed by atoms with Crippen molar-refractivity contribution in [1.82, 2.24) is 4.57 Å². The van der Waals surface area contributed by atoms with E-state index in [0.29, 0.717) is 5.70 Å². The molecule has 1 spiro atoms. The standard InChI is InChI=1S/C55H41N3/c1-54(2)42-20-8-6-16-36(42)37-28-26-35(31-47(37)54)34-27-29-43-41(30-34)52-40(49(57)32-48(56)33-14-4-3-5-15-33)19-13-22-45(52)55(43)44-21-9-11-25-51(44)58-50-24-10-7-17-38(50)39-18-12-23-46(55)53(39)58/h3-32,49H,56-57H2,1-2H3/b48-32-. The van der Waals surface area contributed by atoms with Gasteiger partial charge in [-0.1, -0.05) is 166 Å². The first kappa shape index (κ1) is 33.2. The van der Waals surface area contributed by atoms with Crippen molar-refractivity contribution in [2.45, 2.75) is 30.7 Å². The average Bonchev–Trinajstić information content (AvgIpc) is 3.85. The molecule has 4 N–H and O–H groups in total. The second-order valence-corrected chi connectivity index (χ2v) is 16.8. The number of rotatable bonds is 4. The third kappa shape index (κ3) is 4.21. The Morgan fingerprint density at radius 3 is 2.07 bits per heavy atom. The number of benzene rings is 8. The van der Waals surface area contributed by atoms with Crippen LogP contribution in [0.15, 0.2) is 182 Å². The highest BCUT2D eigenvalue weighted by Crippen LogP contribution is 2.62. The number of hydrogen-bond acceptors (Lipinski definition) is 2. The molecule has 0 fully saturated rings. The number of aromatic nitrogens is 1. The van der Waals surface area contributed by atoms with Gasteiger partial charge in [0.25, 0.3) is 0 Å². The Morgan fingerprint density at radius 2 is 1.19 bits per heavy atom. The summed E-state index contributed by atoms with van der Waals surface area (Å²) in [6, 6.07) is 64.3. The minimum Gasteiger partial charge on any atom is -0.398 e. The van der Waals surface area contributed by atoms with Crippen molar-refractivity contribution >= 4 is 27.5 Å². The smallest absolute Gasteiger partial charge is 0.0754 e. The van der Waals surface area contributed by atoms with Crippen LogP contribution >= 0.6 is 0 Å². The summed E-state index contributed by atoms with van der Waals surface area (Å²) < 4.78 is 2.50. The molecule has 0 bridgehead atoms. The molecule has 276 valence electrons. The van der Waals surface area contributed by atoms with Crippen molar-refractivity contribution < 1.29 is 0 Å². The molecule has 0 radical (unpaired) electrons. The van der Waals surface area contributed by atoms with Crippen LogP contribution in [0.3, 0.4) is 0 Å². The Hall–Kier alpha value is -6.94. The van der Waals surface area contributed by atoms with E-state index < -0.39 is 11.5 Å². The largest absolute Gasteiger partial charge is 0.398 e. The molecule has 9 aromatic rings. The number of nitrogens with zero attached hydrogens (tertiary/aromatic N) is 1. The van der Waals surface area contributed by atoms with Crippen LogP contribution in [-0.4, -0.2) is 4.57 Å². The normalized spacial score (nSPS) is 17.2. The fraction of sp³-hybridized carbons (Fsp3) is 0.0909. The molecule has 1 aromatic heterocycles. The predicted molar refractivity (Wildman–Crippen MR) is 240 cm³/mol. The van der Waals surface area contributed by atoms with Gasteiger partial charge in [0.2, 0.25) is 0 Å². The van der Waals surface area contributed by atoms with E-state index in [4.69, 9.17) is 11.5 Å². The van der Waals surface area contributed by atoms with E-state index in [1.807, 2.05) is 36.4 Å². The summed E-state index contributed by atoms with van der Waals surface area (Å²) in [5.41, 5.74) is 35.1. The maximum Gasteiger partial charge on any atom is 0.0754 e. The molecular formula is C55H41N3. The molecule has 3 aliphatic rings. The minimum absolute atomic E-state index is 0.0940. The molecular weight excluding hydrogens is 703 g/mol. The first-order valence-corrected chi connectivity index (χ1v) is 20.3. The molecule has 3 heteroatoms. The maximum absolute atomic E-state index is 7.30. The van der Waals surface area contributed by atoms with Crippen LogP contribution in [-0.2, 0) is 10.8 Å². The van der Waals surface area contributed by atoms with E-state index in [1.165, 1.54) is 94.3 Å². The molecule has 0 saturated heterocycles. The zero-order chi connectivity index (χ0) is 38.9. The van der Waals surface area contributed by atoms with E-state index >= 15 is 0 Å². The van der Waals surface area contributed by atoms with E-state index in [9.17, 15) is 0 Å². The lowest BCUT2D eigenvalue weighted by atomic mass is 9.65. The highest BCUT2D eigenvalue weighted by Gasteiger charge is 2.51. The summed E-state index contributed by atoms with van der Waals surface area (Å²) in [4.78, 5) is 0. The lowest BCUT2D eigenvalue weighted by molar-refractivity contribution is 0.660. The second-order valence-electron chi connectivity index (χ2n) is 16.8. The Balaban J connectivity index is 1.15. The molecule has 3 nitrogen and oxygen atoms in total. The summed E-state index contributed by atoms with van der Waals surface area (Å²) in [6.07, 6.45) is 2.02. The maximum atomic E-state index is 7.30. The number of hydrogen-bond donors (Lipinski definition) is 2. The van der Waals surface area contributed by atoms with Gasteiger partial charge in [0.05, 0.1) is 28.2 Å². The Labute approximate surface area is 338 Å². The Morgan fingerprint density at radius 1 is 0.534 bits per heavy atom. The first-order valence-electron chi connectivity index (χ1n) is 20.3. The molecule has 1 aliphatic heterocycles. The zero-order valence-corrected chi connectivity index (χ0v) is 32.5. The second kappa shape index (κ2) is 11.8. The monoisotopic (exact) mass is 743 g/mol. The van der Waals surface area contributed by atoms with Gasteiger partial charge in [-0.15, -0.1) is 0 Å². The molecule has 2 aliphatic carbocycles. The van der Waals surface area contributed by atoms with Crippen LogP contribution < -0.4 is 11.5 Å². The number of fused-ring (bicyclic) bond motifs is 15. The van der Waals surface area contributed by atoms with Crippen LogP contribution in [0, 0.1) is 0 Å². The van der Waals surface area contributed by atoms with Crippen LogP contribution in [0.2, 0.25) is 0 Å².